The molecule has 0 aliphatic carbocycles. The summed E-state index contributed by atoms with van der Waals surface area (Å²) in [5.41, 5.74) is 3.39. The molecule has 0 saturated carbocycles. The third-order valence-electron chi connectivity index (χ3n) is 5.05. The zero-order valence-electron chi connectivity index (χ0n) is 16.9. The molecule has 0 unspecified atom stereocenters. The van der Waals surface area contributed by atoms with Gasteiger partial charge in [0, 0.05) is 58.2 Å². The Morgan fingerprint density at radius 1 is 1.21 bits per heavy atom. The molecule has 1 aliphatic rings. The van der Waals surface area contributed by atoms with Crippen LogP contribution in [-0.2, 0) is 24.9 Å². The second kappa shape index (κ2) is 10.5. The largest absolute Gasteiger partial charge is 0.353 e. The van der Waals surface area contributed by atoms with Crippen LogP contribution in [0.4, 0.5) is 5.69 Å². The van der Waals surface area contributed by atoms with E-state index in [0.29, 0.717) is 13.0 Å². The molecule has 1 saturated heterocycles. The summed E-state index contributed by atoms with van der Waals surface area (Å²) in [5, 5.41) is 3.41. The summed E-state index contributed by atoms with van der Waals surface area (Å²) in [6.07, 6.45) is 4.80. The maximum absolute atomic E-state index is 12.1. The zero-order valence-corrected chi connectivity index (χ0v) is 19.2. The Balaban J connectivity index is 0.00000280. The van der Waals surface area contributed by atoms with Crippen molar-refractivity contribution in [2.45, 2.75) is 32.4 Å². The number of halogens is 1. The van der Waals surface area contributed by atoms with Gasteiger partial charge >= 0.3 is 0 Å². The topological polar surface area (TPSA) is 52.9 Å². The van der Waals surface area contributed by atoms with Crippen molar-refractivity contribution < 1.29 is 4.79 Å². The number of rotatable bonds is 5. The van der Waals surface area contributed by atoms with Crippen molar-refractivity contribution in [2.24, 2.45) is 12.0 Å². The summed E-state index contributed by atoms with van der Waals surface area (Å²) < 4.78 is 2.12. The highest BCUT2D eigenvalue weighted by Crippen LogP contribution is 2.21. The first-order chi connectivity index (χ1) is 13.1. The quantitative estimate of drug-likeness (QED) is 0.393. The lowest BCUT2D eigenvalue weighted by Crippen LogP contribution is -2.38. The molecule has 1 aromatic carbocycles. The minimum atomic E-state index is 0. The number of hydrogen-bond acceptors (Lipinski definition) is 2. The number of carbonyl (C=O) groups is 1. The molecular weight excluding hydrogens is 465 g/mol. The van der Waals surface area contributed by atoms with Gasteiger partial charge in [-0.05, 0) is 42.7 Å². The standard InChI is InChI=1S/C21H29N5O.HI/c1-22-21(25(3)16-19-7-6-13-24(19)2)23-15-17-9-11-18(12-10-17)26-14-5-4-8-20(26)27;/h6-7,9-13H,4-5,8,14-16H2,1-3H3,(H,22,23);1H. The monoisotopic (exact) mass is 495 g/mol. The third-order valence-corrected chi connectivity index (χ3v) is 5.05. The van der Waals surface area contributed by atoms with Crippen LogP contribution in [0.5, 0.6) is 0 Å². The van der Waals surface area contributed by atoms with E-state index in [1.807, 2.05) is 43.4 Å². The smallest absolute Gasteiger partial charge is 0.226 e. The van der Waals surface area contributed by atoms with Gasteiger partial charge in [0.15, 0.2) is 5.96 Å². The van der Waals surface area contributed by atoms with E-state index < -0.39 is 0 Å². The minimum absolute atomic E-state index is 0. The Hall–Kier alpha value is -2.03. The van der Waals surface area contributed by atoms with E-state index in [0.717, 1.165) is 43.1 Å². The van der Waals surface area contributed by atoms with Gasteiger partial charge in [0.25, 0.3) is 0 Å². The van der Waals surface area contributed by atoms with Crippen LogP contribution in [0.1, 0.15) is 30.5 Å². The number of hydrogen-bond donors (Lipinski definition) is 1. The lowest BCUT2D eigenvalue weighted by atomic mass is 10.1. The average Bonchev–Trinajstić information content (AvgIpc) is 3.08. The average molecular weight is 495 g/mol. The second-order valence-electron chi connectivity index (χ2n) is 7.04. The van der Waals surface area contributed by atoms with Crippen LogP contribution in [0, 0.1) is 0 Å². The van der Waals surface area contributed by atoms with Gasteiger partial charge in [0.1, 0.15) is 0 Å². The number of piperidine rings is 1. The van der Waals surface area contributed by atoms with E-state index in [1.165, 1.54) is 5.69 Å². The number of anilines is 1. The number of carbonyl (C=O) groups excluding carboxylic acids is 1. The Morgan fingerprint density at radius 3 is 2.57 bits per heavy atom. The summed E-state index contributed by atoms with van der Waals surface area (Å²) in [6.45, 7) is 2.31. The van der Waals surface area contributed by atoms with Crippen molar-refractivity contribution in [1.29, 1.82) is 0 Å². The predicted molar refractivity (Wildman–Crippen MR) is 125 cm³/mol. The highest BCUT2D eigenvalue weighted by atomic mass is 127. The summed E-state index contributed by atoms with van der Waals surface area (Å²) in [7, 11) is 5.89. The first kappa shape index (κ1) is 22.3. The van der Waals surface area contributed by atoms with Gasteiger partial charge < -0.3 is 19.7 Å². The van der Waals surface area contributed by atoms with E-state index in [-0.39, 0.29) is 29.9 Å². The molecule has 7 heteroatoms. The van der Waals surface area contributed by atoms with Gasteiger partial charge in [0.05, 0.1) is 6.54 Å². The SMILES string of the molecule is CN=C(NCc1ccc(N2CCCCC2=O)cc1)N(C)Cc1cccn1C.I. The van der Waals surface area contributed by atoms with Crippen LogP contribution in [0.2, 0.25) is 0 Å². The van der Waals surface area contributed by atoms with Crippen LogP contribution in [0.3, 0.4) is 0 Å². The van der Waals surface area contributed by atoms with Crippen molar-refractivity contribution in [3.05, 3.63) is 53.9 Å². The van der Waals surface area contributed by atoms with Gasteiger partial charge in [-0.3, -0.25) is 9.79 Å². The van der Waals surface area contributed by atoms with E-state index in [1.54, 1.807) is 7.05 Å². The molecule has 1 amide bonds. The molecule has 0 atom stereocenters. The molecule has 1 fully saturated rings. The van der Waals surface area contributed by atoms with Crippen molar-refractivity contribution in [3.8, 4) is 0 Å². The van der Waals surface area contributed by atoms with Crippen molar-refractivity contribution in [3.63, 3.8) is 0 Å². The molecule has 152 valence electrons. The first-order valence-electron chi connectivity index (χ1n) is 9.50. The van der Waals surface area contributed by atoms with Gasteiger partial charge in [-0.1, -0.05) is 12.1 Å². The molecule has 1 aromatic heterocycles. The Labute approximate surface area is 184 Å². The molecule has 0 bridgehead atoms. The first-order valence-corrected chi connectivity index (χ1v) is 9.50. The fraction of sp³-hybridized carbons (Fsp3) is 0.429. The number of amides is 1. The normalized spacial score (nSPS) is 14.6. The molecule has 1 N–H and O–H groups in total. The van der Waals surface area contributed by atoms with Crippen LogP contribution in [0.25, 0.3) is 0 Å². The van der Waals surface area contributed by atoms with Gasteiger partial charge in [0.2, 0.25) is 5.91 Å². The molecule has 0 radical (unpaired) electrons. The Morgan fingerprint density at radius 2 is 1.96 bits per heavy atom. The van der Waals surface area contributed by atoms with E-state index in [2.05, 4.69) is 38.0 Å². The second-order valence-corrected chi connectivity index (χ2v) is 7.04. The predicted octanol–water partition coefficient (Wildman–Crippen LogP) is 3.37. The molecule has 2 aromatic rings. The number of nitrogens with one attached hydrogen (secondary N) is 1. The summed E-state index contributed by atoms with van der Waals surface area (Å²) in [5.74, 6) is 1.08. The summed E-state index contributed by atoms with van der Waals surface area (Å²) in [4.78, 5) is 20.4. The number of aryl methyl sites for hydroxylation is 1. The number of aromatic nitrogens is 1. The Bertz CT molecular complexity index is 799. The fourth-order valence-electron chi connectivity index (χ4n) is 3.42. The molecule has 6 nitrogen and oxygen atoms in total. The number of nitrogens with zero attached hydrogens (tertiary/aromatic N) is 4. The zero-order chi connectivity index (χ0) is 19.2. The van der Waals surface area contributed by atoms with Gasteiger partial charge in [-0.15, -0.1) is 24.0 Å². The fourth-order valence-corrected chi connectivity index (χ4v) is 3.42. The lowest BCUT2D eigenvalue weighted by Gasteiger charge is -2.27. The van der Waals surface area contributed by atoms with E-state index in [4.69, 9.17) is 0 Å². The molecule has 1 aliphatic heterocycles. The number of aliphatic imine (C=N–C) groups is 1. The van der Waals surface area contributed by atoms with Crippen molar-refractivity contribution >= 4 is 41.5 Å². The van der Waals surface area contributed by atoms with Crippen LogP contribution in [0.15, 0.2) is 47.6 Å². The lowest BCUT2D eigenvalue weighted by molar-refractivity contribution is -0.119. The van der Waals surface area contributed by atoms with Gasteiger partial charge in [-0.25, -0.2) is 0 Å². The van der Waals surface area contributed by atoms with E-state index in [9.17, 15) is 4.79 Å². The highest BCUT2D eigenvalue weighted by molar-refractivity contribution is 14.0. The van der Waals surface area contributed by atoms with Crippen LogP contribution >= 0.6 is 24.0 Å². The summed E-state index contributed by atoms with van der Waals surface area (Å²) in [6, 6.07) is 12.4. The van der Waals surface area contributed by atoms with Crippen LogP contribution in [-0.4, -0.2) is 42.0 Å². The van der Waals surface area contributed by atoms with Crippen molar-refractivity contribution in [2.75, 3.05) is 25.5 Å². The Kier molecular flexibility index (Phi) is 8.35. The van der Waals surface area contributed by atoms with Gasteiger partial charge in [-0.2, -0.15) is 0 Å². The molecule has 2 heterocycles. The third kappa shape index (κ3) is 5.50. The number of benzene rings is 1. The number of guanidine groups is 1. The summed E-state index contributed by atoms with van der Waals surface area (Å²) >= 11 is 0. The molecule has 0 spiro atoms. The maximum Gasteiger partial charge on any atom is 0.226 e. The van der Waals surface area contributed by atoms with Crippen LogP contribution < -0.4 is 10.2 Å². The van der Waals surface area contributed by atoms with Crippen molar-refractivity contribution in [1.82, 2.24) is 14.8 Å². The molecular formula is C21H30IN5O. The minimum Gasteiger partial charge on any atom is -0.353 e. The molecule has 28 heavy (non-hydrogen) atoms. The molecule has 3 rings (SSSR count). The highest BCUT2D eigenvalue weighted by Gasteiger charge is 2.19. The van der Waals surface area contributed by atoms with E-state index >= 15 is 0 Å². The maximum atomic E-state index is 12.1.